The first kappa shape index (κ1) is 33.2. The lowest BCUT2D eigenvalue weighted by atomic mass is 10.0. The van der Waals surface area contributed by atoms with Crippen LogP contribution in [-0.2, 0) is 0 Å². The van der Waals surface area contributed by atoms with Crippen molar-refractivity contribution in [1.82, 2.24) is 4.57 Å². The molecule has 0 spiro atoms. The maximum Gasteiger partial charge on any atom is 0.181 e. The van der Waals surface area contributed by atoms with E-state index >= 15 is 0 Å². The van der Waals surface area contributed by atoms with Crippen molar-refractivity contribution in [3.63, 3.8) is 0 Å². The molecule has 4 heteroatoms. The molecular weight excluding hydrogens is 737 g/mol. The molecule has 0 bridgehead atoms. The van der Waals surface area contributed by atoms with Gasteiger partial charge in [-0.15, -0.1) is 11.3 Å². The van der Waals surface area contributed by atoms with Gasteiger partial charge in [0, 0.05) is 48.0 Å². The third-order valence-corrected chi connectivity index (χ3v) is 18.3. The van der Waals surface area contributed by atoms with E-state index in [4.69, 9.17) is 0 Å². The van der Waals surface area contributed by atoms with Crippen molar-refractivity contribution in [3.05, 3.63) is 218 Å². The summed E-state index contributed by atoms with van der Waals surface area (Å²) in [5, 5.41) is 10.8. The third-order valence-electron chi connectivity index (χ3n) is 12.2. The minimum atomic E-state index is -2.83. The van der Waals surface area contributed by atoms with Crippen LogP contribution in [0.2, 0.25) is 0 Å². The standard InChI is InChI=1S/C54H36N2SSi/c1-5-18-37(19-6-1)55(47-29-17-30-48-52(47)44-27-13-15-28-46(44)56(48)38-20-7-2-8-21-38)39-32-33-45-51(36-39)58(40-22-9-3-10-23-40,41-24-11-4-12-25-41)50-35-34-43-42-26-14-16-31-49(42)57-54(43)53(45)50/h1-36H. The number of hydrogen-bond acceptors (Lipinski definition) is 2. The first-order chi connectivity index (χ1) is 28.8. The van der Waals surface area contributed by atoms with Crippen LogP contribution in [0.4, 0.5) is 17.1 Å². The van der Waals surface area contributed by atoms with Crippen LogP contribution in [0, 0.1) is 0 Å². The van der Waals surface area contributed by atoms with Gasteiger partial charge in [-0.05, 0) is 92.5 Å². The SMILES string of the molecule is c1ccc(N(c2ccc3c(c2)[Si](c2ccccc2)(c2ccccc2)c2ccc4c(sc5ccccc54)c2-3)c2cccc3c2c2ccccc2n3-c2ccccc2)cc1. The second kappa shape index (κ2) is 13.0. The molecule has 0 radical (unpaired) electrons. The Balaban J connectivity index is 1.19. The van der Waals surface area contributed by atoms with Gasteiger partial charge in [0.25, 0.3) is 0 Å². The molecule has 2 nitrogen and oxygen atoms in total. The Morgan fingerprint density at radius 2 is 1.05 bits per heavy atom. The fourth-order valence-electron chi connectivity index (χ4n) is 9.92. The van der Waals surface area contributed by atoms with Crippen molar-refractivity contribution in [1.29, 1.82) is 0 Å². The average Bonchev–Trinajstić information content (AvgIpc) is 3.94. The molecule has 0 atom stereocenters. The number of para-hydroxylation sites is 3. The number of fused-ring (bicyclic) bond motifs is 10. The van der Waals surface area contributed by atoms with Gasteiger partial charge < -0.3 is 9.47 Å². The quantitative estimate of drug-likeness (QED) is 0.153. The van der Waals surface area contributed by atoms with Gasteiger partial charge in [-0.1, -0.05) is 158 Å². The summed E-state index contributed by atoms with van der Waals surface area (Å²) in [6.45, 7) is 0. The molecule has 0 N–H and O–H groups in total. The van der Waals surface area contributed by atoms with Crippen LogP contribution >= 0.6 is 11.3 Å². The topological polar surface area (TPSA) is 8.17 Å². The summed E-state index contributed by atoms with van der Waals surface area (Å²) in [5.74, 6) is 0. The predicted octanol–water partition coefficient (Wildman–Crippen LogP) is 12.0. The maximum absolute atomic E-state index is 2.83. The highest BCUT2D eigenvalue weighted by molar-refractivity contribution is 7.28. The monoisotopic (exact) mass is 772 g/mol. The van der Waals surface area contributed by atoms with Crippen molar-refractivity contribution >= 4 is 99.2 Å². The summed E-state index contributed by atoms with van der Waals surface area (Å²) < 4.78 is 5.13. The van der Waals surface area contributed by atoms with Crippen LogP contribution < -0.4 is 25.6 Å². The highest BCUT2D eigenvalue weighted by Crippen LogP contribution is 2.46. The Bertz CT molecular complexity index is 3300. The van der Waals surface area contributed by atoms with Gasteiger partial charge in [-0.25, -0.2) is 0 Å². The lowest BCUT2D eigenvalue weighted by Gasteiger charge is -2.33. The van der Waals surface area contributed by atoms with E-state index in [9.17, 15) is 0 Å². The second-order valence-electron chi connectivity index (χ2n) is 15.2. The first-order valence-corrected chi connectivity index (χ1v) is 22.8. The lowest BCUT2D eigenvalue weighted by Crippen LogP contribution is -2.72. The van der Waals surface area contributed by atoms with Crippen LogP contribution in [0.15, 0.2) is 218 Å². The van der Waals surface area contributed by atoms with Gasteiger partial charge in [0.15, 0.2) is 8.07 Å². The van der Waals surface area contributed by atoms with Crippen LogP contribution in [0.25, 0.3) is 58.8 Å². The van der Waals surface area contributed by atoms with Gasteiger partial charge in [-0.3, -0.25) is 0 Å². The zero-order chi connectivity index (χ0) is 38.2. The number of hydrogen-bond donors (Lipinski definition) is 0. The van der Waals surface area contributed by atoms with Gasteiger partial charge >= 0.3 is 0 Å². The average molecular weight is 773 g/mol. The van der Waals surface area contributed by atoms with Crippen LogP contribution in [-0.4, -0.2) is 12.6 Å². The summed E-state index contributed by atoms with van der Waals surface area (Å²) in [5.41, 5.74) is 9.72. The number of thiophene rings is 1. The molecule has 1 aliphatic heterocycles. The van der Waals surface area contributed by atoms with Crippen molar-refractivity contribution in [2.45, 2.75) is 0 Å². The van der Waals surface area contributed by atoms with Crippen molar-refractivity contribution in [2.24, 2.45) is 0 Å². The molecule has 3 heterocycles. The van der Waals surface area contributed by atoms with Crippen LogP contribution in [0.1, 0.15) is 0 Å². The van der Waals surface area contributed by atoms with Gasteiger partial charge in [0.2, 0.25) is 0 Å². The summed E-state index contributed by atoms with van der Waals surface area (Å²) in [6.07, 6.45) is 0. The molecule has 0 saturated carbocycles. The molecular formula is C54H36N2SSi. The van der Waals surface area contributed by atoms with E-state index < -0.39 is 8.07 Å². The Hall–Kier alpha value is -6.98. The number of rotatable bonds is 6. The molecule has 0 unspecified atom stereocenters. The number of anilines is 3. The van der Waals surface area contributed by atoms with Crippen LogP contribution in [0.3, 0.4) is 0 Å². The normalized spacial score (nSPS) is 13.0. The summed E-state index contributed by atoms with van der Waals surface area (Å²) >= 11 is 1.94. The van der Waals surface area contributed by atoms with Gasteiger partial charge in [0.05, 0.1) is 16.7 Å². The van der Waals surface area contributed by atoms with Crippen molar-refractivity contribution < 1.29 is 0 Å². The van der Waals surface area contributed by atoms with E-state index in [1.165, 1.54) is 73.9 Å². The molecule has 0 saturated heterocycles. The van der Waals surface area contributed by atoms with Crippen molar-refractivity contribution in [3.8, 4) is 16.8 Å². The maximum atomic E-state index is 2.56. The molecule has 11 aromatic rings. The Morgan fingerprint density at radius 1 is 0.431 bits per heavy atom. The summed E-state index contributed by atoms with van der Waals surface area (Å²) in [6, 6.07) is 81.2. The second-order valence-corrected chi connectivity index (χ2v) is 20.0. The lowest BCUT2D eigenvalue weighted by molar-refractivity contribution is 1.18. The fourth-order valence-corrected chi connectivity index (χ4v) is 16.5. The zero-order valence-electron chi connectivity index (χ0n) is 31.6. The molecule has 0 amide bonds. The molecule has 272 valence electrons. The smallest absolute Gasteiger partial charge is 0.181 e. The number of nitrogens with zero attached hydrogens (tertiary/aromatic N) is 2. The predicted molar refractivity (Wildman–Crippen MR) is 251 cm³/mol. The molecule has 0 aliphatic carbocycles. The largest absolute Gasteiger partial charge is 0.310 e. The van der Waals surface area contributed by atoms with E-state index in [-0.39, 0.29) is 0 Å². The number of aromatic nitrogens is 1. The first-order valence-electron chi connectivity index (χ1n) is 19.9. The Kier molecular flexibility index (Phi) is 7.46. The van der Waals surface area contributed by atoms with Gasteiger partial charge in [-0.2, -0.15) is 0 Å². The van der Waals surface area contributed by atoms with E-state index in [1.54, 1.807) is 0 Å². The molecule has 2 aromatic heterocycles. The zero-order valence-corrected chi connectivity index (χ0v) is 33.4. The molecule has 58 heavy (non-hydrogen) atoms. The molecule has 12 rings (SSSR count). The minimum Gasteiger partial charge on any atom is -0.310 e. The summed E-state index contributed by atoms with van der Waals surface area (Å²) in [7, 11) is -2.83. The third kappa shape index (κ3) is 4.70. The molecule has 1 aliphatic rings. The van der Waals surface area contributed by atoms with E-state index in [1.807, 2.05) is 11.3 Å². The molecule has 0 fully saturated rings. The van der Waals surface area contributed by atoms with E-state index in [0.29, 0.717) is 0 Å². The molecule has 9 aromatic carbocycles. The Labute approximate surface area is 342 Å². The van der Waals surface area contributed by atoms with E-state index in [0.717, 1.165) is 22.7 Å². The van der Waals surface area contributed by atoms with E-state index in [2.05, 4.69) is 228 Å². The minimum absolute atomic E-state index is 1.13. The van der Waals surface area contributed by atoms with Crippen LogP contribution in [0.5, 0.6) is 0 Å². The summed E-state index contributed by atoms with van der Waals surface area (Å²) in [4.78, 5) is 2.50. The van der Waals surface area contributed by atoms with Crippen molar-refractivity contribution in [2.75, 3.05) is 4.90 Å². The highest BCUT2D eigenvalue weighted by Gasteiger charge is 2.49. The highest BCUT2D eigenvalue weighted by atomic mass is 32.1. The van der Waals surface area contributed by atoms with Gasteiger partial charge in [0.1, 0.15) is 0 Å². The fraction of sp³-hybridized carbons (Fsp3) is 0. The Morgan fingerprint density at radius 3 is 1.79 bits per heavy atom. The number of benzene rings is 9.